The van der Waals surface area contributed by atoms with Gasteiger partial charge in [0.2, 0.25) is 5.91 Å². The van der Waals surface area contributed by atoms with Gasteiger partial charge in [0.05, 0.1) is 17.7 Å². The highest BCUT2D eigenvalue weighted by molar-refractivity contribution is 7.92. The second-order valence-corrected chi connectivity index (χ2v) is 6.55. The Balaban J connectivity index is 3.29. The number of carbonyl (C=O) groups is 1. The first kappa shape index (κ1) is 18.3. The number of ether oxygens (including phenoxy) is 1. The minimum atomic E-state index is -5.49. The van der Waals surface area contributed by atoms with Crippen molar-refractivity contribution in [3.63, 3.8) is 0 Å². The number of halogens is 3. The first-order valence-electron chi connectivity index (χ1n) is 6.34. The zero-order valence-electron chi connectivity index (χ0n) is 12.2. The largest absolute Gasteiger partial charge is 0.501 e. The van der Waals surface area contributed by atoms with Crippen molar-refractivity contribution in [2.75, 3.05) is 12.4 Å². The van der Waals surface area contributed by atoms with Crippen molar-refractivity contribution in [1.82, 2.24) is 0 Å². The van der Waals surface area contributed by atoms with Crippen LogP contribution in [0.3, 0.4) is 0 Å². The molecule has 9 heteroatoms. The Morgan fingerprint density at radius 2 is 1.95 bits per heavy atom. The van der Waals surface area contributed by atoms with Crippen LogP contribution in [0, 0.1) is 5.92 Å². The second-order valence-electron chi connectivity index (χ2n) is 4.61. The third-order valence-corrected chi connectivity index (χ3v) is 4.59. The zero-order chi connectivity index (χ0) is 17.1. The van der Waals surface area contributed by atoms with E-state index in [9.17, 15) is 26.4 Å². The van der Waals surface area contributed by atoms with Crippen LogP contribution >= 0.6 is 0 Å². The topological polar surface area (TPSA) is 72.5 Å². The summed E-state index contributed by atoms with van der Waals surface area (Å²) in [5.74, 6) is -0.757. The van der Waals surface area contributed by atoms with Crippen LogP contribution in [0.25, 0.3) is 0 Å². The van der Waals surface area contributed by atoms with Gasteiger partial charge in [-0.05, 0) is 24.6 Å². The molecule has 124 valence electrons. The van der Waals surface area contributed by atoms with E-state index in [4.69, 9.17) is 4.74 Å². The van der Waals surface area contributed by atoms with Gasteiger partial charge in [-0.1, -0.05) is 13.8 Å². The Labute approximate surface area is 126 Å². The van der Waals surface area contributed by atoms with Crippen molar-refractivity contribution in [3.8, 4) is 5.75 Å². The number of benzene rings is 1. The number of hydrogen-bond acceptors (Lipinski definition) is 4. The minimum Gasteiger partial charge on any atom is -0.495 e. The molecule has 1 atom stereocenters. The summed E-state index contributed by atoms with van der Waals surface area (Å²) in [6, 6.07) is 2.58. The monoisotopic (exact) mass is 339 g/mol. The van der Waals surface area contributed by atoms with Crippen molar-refractivity contribution in [1.29, 1.82) is 0 Å². The summed E-state index contributed by atoms with van der Waals surface area (Å²) < 4.78 is 65.4. The van der Waals surface area contributed by atoms with Crippen LogP contribution in [-0.2, 0) is 14.6 Å². The summed E-state index contributed by atoms with van der Waals surface area (Å²) in [7, 11) is -4.24. The third kappa shape index (κ3) is 3.70. The number of nitrogens with one attached hydrogen (secondary N) is 1. The molecular weight excluding hydrogens is 323 g/mol. The predicted octanol–water partition coefficient (Wildman–Crippen LogP) is 2.97. The van der Waals surface area contributed by atoms with Gasteiger partial charge in [-0.2, -0.15) is 13.2 Å². The molecule has 5 nitrogen and oxygen atoms in total. The molecule has 0 aliphatic rings. The van der Waals surface area contributed by atoms with Crippen LogP contribution in [0.1, 0.15) is 20.3 Å². The standard InChI is InChI=1S/C13H16F3NO4S/c1-4-8(2)12(18)17-10-7-9(5-6-11(10)21-3)22(19,20)13(14,15)16/h5-8H,4H2,1-3H3,(H,17,18). The molecule has 1 aromatic rings. The normalized spacial score (nSPS) is 13.5. The highest BCUT2D eigenvalue weighted by atomic mass is 32.2. The quantitative estimate of drug-likeness (QED) is 0.895. The molecule has 1 unspecified atom stereocenters. The lowest BCUT2D eigenvalue weighted by molar-refractivity contribution is -0.119. The van der Waals surface area contributed by atoms with Crippen molar-refractivity contribution in [3.05, 3.63) is 18.2 Å². The molecule has 1 aromatic carbocycles. The Kier molecular flexibility index (Phi) is 5.44. The maximum atomic E-state index is 12.6. The molecule has 0 radical (unpaired) electrons. The lowest BCUT2D eigenvalue weighted by atomic mass is 10.1. The average molecular weight is 339 g/mol. The zero-order valence-corrected chi connectivity index (χ0v) is 13.0. The summed E-state index contributed by atoms with van der Waals surface area (Å²) >= 11 is 0. The maximum Gasteiger partial charge on any atom is 0.501 e. The summed E-state index contributed by atoms with van der Waals surface area (Å²) in [5.41, 5.74) is -5.54. The highest BCUT2D eigenvalue weighted by Crippen LogP contribution is 2.34. The molecule has 0 bridgehead atoms. The summed E-state index contributed by atoms with van der Waals surface area (Å²) in [6.07, 6.45) is 0.523. The van der Waals surface area contributed by atoms with Crippen LogP contribution in [0.5, 0.6) is 5.75 Å². The van der Waals surface area contributed by atoms with E-state index in [1.54, 1.807) is 13.8 Å². The minimum absolute atomic E-state index is 0.0674. The second kappa shape index (κ2) is 6.55. The number of hydrogen-bond donors (Lipinski definition) is 1. The van der Waals surface area contributed by atoms with E-state index in [1.165, 1.54) is 7.11 Å². The van der Waals surface area contributed by atoms with Gasteiger partial charge in [0.1, 0.15) is 5.75 Å². The predicted molar refractivity (Wildman–Crippen MR) is 74.3 cm³/mol. The van der Waals surface area contributed by atoms with Gasteiger partial charge in [-0.25, -0.2) is 8.42 Å². The SMILES string of the molecule is CCC(C)C(=O)Nc1cc(S(=O)(=O)C(F)(F)F)ccc1OC. The molecule has 1 amide bonds. The molecule has 0 aliphatic carbocycles. The highest BCUT2D eigenvalue weighted by Gasteiger charge is 2.47. The van der Waals surface area contributed by atoms with Gasteiger partial charge in [-0.3, -0.25) is 4.79 Å². The lowest BCUT2D eigenvalue weighted by Gasteiger charge is -2.15. The first-order chi connectivity index (χ1) is 10.0. The molecule has 0 aliphatic heterocycles. The molecule has 0 heterocycles. The van der Waals surface area contributed by atoms with Gasteiger partial charge >= 0.3 is 5.51 Å². The molecule has 0 fully saturated rings. The molecule has 0 spiro atoms. The lowest BCUT2D eigenvalue weighted by Crippen LogP contribution is -2.24. The van der Waals surface area contributed by atoms with E-state index in [1.807, 2.05) is 0 Å². The fraction of sp³-hybridized carbons (Fsp3) is 0.462. The summed E-state index contributed by atoms with van der Waals surface area (Å²) in [5, 5.41) is 2.38. The number of anilines is 1. The molecule has 1 N–H and O–H groups in total. The van der Waals surface area contributed by atoms with Crippen LogP contribution in [-0.4, -0.2) is 26.9 Å². The van der Waals surface area contributed by atoms with E-state index in [2.05, 4.69) is 5.32 Å². The van der Waals surface area contributed by atoms with E-state index < -0.39 is 26.1 Å². The van der Waals surface area contributed by atoms with E-state index in [0.717, 1.165) is 18.2 Å². The van der Waals surface area contributed by atoms with E-state index in [-0.39, 0.29) is 17.4 Å². The van der Waals surface area contributed by atoms with Crippen LogP contribution in [0.4, 0.5) is 18.9 Å². The van der Waals surface area contributed by atoms with Crippen LogP contribution in [0.2, 0.25) is 0 Å². The number of rotatable bonds is 5. The number of carbonyl (C=O) groups excluding carboxylic acids is 1. The number of alkyl halides is 3. The molecular formula is C13H16F3NO4S. The van der Waals surface area contributed by atoms with Gasteiger partial charge in [0, 0.05) is 5.92 Å². The molecule has 0 saturated heterocycles. The number of methoxy groups -OCH3 is 1. The summed E-state index contributed by atoms with van der Waals surface area (Å²) in [6.45, 7) is 3.41. The molecule has 1 rings (SSSR count). The Morgan fingerprint density at radius 3 is 2.41 bits per heavy atom. The third-order valence-electron chi connectivity index (χ3n) is 3.10. The van der Waals surface area contributed by atoms with Crippen molar-refractivity contribution in [2.45, 2.75) is 30.7 Å². The van der Waals surface area contributed by atoms with E-state index >= 15 is 0 Å². The average Bonchev–Trinajstić information content (AvgIpc) is 2.44. The molecule has 0 aromatic heterocycles. The Bertz CT molecular complexity index is 656. The van der Waals surface area contributed by atoms with Crippen molar-refractivity contribution in [2.24, 2.45) is 5.92 Å². The maximum absolute atomic E-state index is 12.6. The summed E-state index contributed by atoms with van der Waals surface area (Å²) in [4.78, 5) is 10.9. The smallest absolute Gasteiger partial charge is 0.495 e. The van der Waals surface area contributed by atoms with Gasteiger partial charge in [-0.15, -0.1) is 0 Å². The fourth-order valence-electron chi connectivity index (χ4n) is 1.53. The number of sulfone groups is 1. The molecule has 0 saturated carbocycles. The Hall–Kier alpha value is -1.77. The Morgan fingerprint density at radius 1 is 1.36 bits per heavy atom. The first-order valence-corrected chi connectivity index (χ1v) is 7.83. The van der Waals surface area contributed by atoms with Crippen LogP contribution < -0.4 is 10.1 Å². The van der Waals surface area contributed by atoms with Gasteiger partial charge < -0.3 is 10.1 Å². The molecule has 22 heavy (non-hydrogen) atoms. The van der Waals surface area contributed by atoms with Crippen LogP contribution in [0.15, 0.2) is 23.1 Å². The van der Waals surface area contributed by atoms with Gasteiger partial charge in [0.15, 0.2) is 0 Å². The van der Waals surface area contributed by atoms with Crippen molar-refractivity contribution < 1.29 is 31.1 Å². The number of amides is 1. The fourth-order valence-corrected chi connectivity index (χ4v) is 2.31. The van der Waals surface area contributed by atoms with Gasteiger partial charge in [0.25, 0.3) is 9.84 Å². The van der Waals surface area contributed by atoms with E-state index in [0.29, 0.717) is 6.42 Å². The van der Waals surface area contributed by atoms with Crippen molar-refractivity contribution >= 4 is 21.4 Å².